The van der Waals surface area contributed by atoms with Crippen LogP contribution in [0.15, 0.2) is 18.3 Å². The third-order valence-electron chi connectivity index (χ3n) is 6.51. The molecule has 1 aromatic heterocycles. The quantitative estimate of drug-likeness (QED) is 0.654. The molecule has 0 saturated heterocycles. The van der Waals surface area contributed by atoms with Crippen molar-refractivity contribution in [3.05, 3.63) is 29.5 Å². The second-order valence-electron chi connectivity index (χ2n) is 9.29. The number of carbonyl (C=O) groups is 2. The maximum Gasteiger partial charge on any atom is 0.317 e. The van der Waals surface area contributed by atoms with Gasteiger partial charge in [-0.25, -0.2) is 9.78 Å². The fourth-order valence-corrected chi connectivity index (χ4v) is 4.32. The molecule has 1 aliphatic heterocycles. The number of nitrogens with one attached hydrogen (secondary N) is 1. The molecule has 2 aliphatic rings. The smallest absolute Gasteiger partial charge is 0.317 e. The lowest BCUT2D eigenvalue weighted by atomic mass is 9.93. The normalized spacial score (nSPS) is 21.8. The van der Waals surface area contributed by atoms with Crippen molar-refractivity contribution in [2.45, 2.75) is 65.0 Å². The summed E-state index contributed by atoms with van der Waals surface area (Å²) in [7, 11) is 1.74. The molecule has 0 spiro atoms. The summed E-state index contributed by atoms with van der Waals surface area (Å²) in [5.41, 5.74) is 2.57. The minimum Gasteiger partial charge on any atom is -0.472 e. The molecule has 0 unspecified atom stereocenters. The number of urea groups is 1. The summed E-state index contributed by atoms with van der Waals surface area (Å²) in [5, 5.41) is 12.7. The van der Waals surface area contributed by atoms with Gasteiger partial charge in [-0.3, -0.25) is 4.79 Å². The molecule has 3 rings (SSSR count). The maximum atomic E-state index is 13.5. The maximum absolute atomic E-state index is 13.5. The molecule has 8 heteroatoms. The Morgan fingerprint density at radius 2 is 2.21 bits per heavy atom. The van der Waals surface area contributed by atoms with Crippen LogP contribution in [0.3, 0.4) is 0 Å². The van der Waals surface area contributed by atoms with Crippen LogP contribution in [0.1, 0.15) is 68.8 Å². The van der Waals surface area contributed by atoms with Crippen LogP contribution in [-0.4, -0.2) is 77.3 Å². The van der Waals surface area contributed by atoms with E-state index in [1.165, 1.54) is 12.0 Å². The first-order valence-corrected chi connectivity index (χ1v) is 12.1. The van der Waals surface area contributed by atoms with Crippen molar-refractivity contribution in [1.29, 1.82) is 0 Å². The van der Waals surface area contributed by atoms with Gasteiger partial charge in [0.1, 0.15) is 11.7 Å². The highest BCUT2D eigenvalue weighted by Crippen LogP contribution is 2.32. The fourth-order valence-electron chi connectivity index (χ4n) is 4.32. The van der Waals surface area contributed by atoms with E-state index < -0.39 is 0 Å². The van der Waals surface area contributed by atoms with E-state index >= 15 is 0 Å². The third-order valence-corrected chi connectivity index (χ3v) is 6.51. The lowest BCUT2D eigenvalue weighted by Crippen LogP contribution is -2.51. The molecule has 0 fully saturated rings. The van der Waals surface area contributed by atoms with Crippen molar-refractivity contribution in [2.75, 3.05) is 33.3 Å². The first-order valence-electron chi connectivity index (χ1n) is 12.1. The van der Waals surface area contributed by atoms with E-state index in [4.69, 9.17) is 4.74 Å². The van der Waals surface area contributed by atoms with Crippen LogP contribution in [0.5, 0.6) is 5.88 Å². The van der Waals surface area contributed by atoms with Gasteiger partial charge >= 0.3 is 6.03 Å². The largest absolute Gasteiger partial charge is 0.472 e. The van der Waals surface area contributed by atoms with Crippen molar-refractivity contribution >= 4 is 17.5 Å². The summed E-state index contributed by atoms with van der Waals surface area (Å²) in [6.07, 6.45) is 8.85. The highest BCUT2D eigenvalue weighted by Gasteiger charge is 2.34. The van der Waals surface area contributed by atoms with Gasteiger partial charge in [0, 0.05) is 32.3 Å². The second-order valence-corrected chi connectivity index (χ2v) is 9.29. The van der Waals surface area contributed by atoms with E-state index in [0.29, 0.717) is 25.2 Å². The number of hydrogen-bond donors (Lipinski definition) is 2. The third kappa shape index (κ3) is 6.05. The molecule has 3 amide bonds. The molecule has 2 N–H and O–H groups in total. The van der Waals surface area contributed by atoms with Crippen molar-refractivity contribution < 1.29 is 19.4 Å². The summed E-state index contributed by atoms with van der Waals surface area (Å²) < 4.78 is 6.29. The van der Waals surface area contributed by atoms with Gasteiger partial charge in [-0.15, -0.1) is 0 Å². The number of aliphatic hydroxyl groups excluding tert-OH is 1. The fraction of sp³-hybridized carbons (Fsp3) is 0.640. The van der Waals surface area contributed by atoms with E-state index in [1.807, 2.05) is 26.8 Å². The van der Waals surface area contributed by atoms with Crippen LogP contribution >= 0.6 is 0 Å². The van der Waals surface area contributed by atoms with Gasteiger partial charge < -0.3 is 25.0 Å². The van der Waals surface area contributed by atoms with Crippen LogP contribution < -0.4 is 10.1 Å². The standard InChI is InChI=1S/C25H38N4O4/c1-5-11-26-25(32)28(4)15-22-17(2)14-29(18(3)16-30)24(31)21-12-20(13-27-23(21)33-22)19-9-7-6-8-10-19/h9,12-13,17-18,22,30H,5-8,10-11,14-16H2,1-4H3,(H,26,32)/t17-,18-,22-/m0/s1. The molecule has 1 aliphatic carbocycles. The highest BCUT2D eigenvalue weighted by atomic mass is 16.5. The first kappa shape index (κ1) is 25.0. The molecule has 0 bridgehead atoms. The minimum absolute atomic E-state index is 0.0694. The Hall–Kier alpha value is -2.61. The Morgan fingerprint density at radius 3 is 2.88 bits per heavy atom. The molecule has 182 valence electrons. The van der Waals surface area contributed by atoms with E-state index in [9.17, 15) is 14.7 Å². The van der Waals surface area contributed by atoms with Crippen LogP contribution in [-0.2, 0) is 0 Å². The zero-order chi connectivity index (χ0) is 24.0. The number of hydrogen-bond acceptors (Lipinski definition) is 5. The van der Waals surface area contributed by atoms with Crippen LogP contribution in [0, 0.1) is 5.92 Å². The molecular weight excluding hydrogens is 420 g/mol. The molecule has 2 heterocycles. The molecule has 0 radical (unpaired) electrons. The number of rotatable bonds is 7. The number of amides is 3. The minimum atomic E-state index is -0.352. The van der Waals surface area contributed by atoms with Gasteiger partial charge in [0.25, 0.3) is 5.91 Å². The van der Waals surface area contributed by atoms with E-state index in [1.54, 1.807) is 23.0 Å². The topological polar surface area (TPSA) is 95.0 Å². The summed E-state index contributed by atoms with van der Waals surface area (Å²) in [6, 6.07) is 1.39. The van der Waals surface area contributed by atoms with Gasteiger partial charge in [0.15, 0.2) is 0 Å². The van der Waals surface area contributed by atoms with E-state index in [0.717, 1.165) is 31.2 Å². The lowest BCUT2D eigenvalue weighted by Gasteiger charge is -2.37. The Morgan fingerprint density at radius 1 is 1.42 bits per heavy atom. The number of aromatic nitrogens is 1. The van der Waals surface area contributed by atoms with E-state index in [2.05, 4.69) is 16.4 Å². The van der Waals surface area contributed by atoms with Crippen LogP contribution in [0.2, 0.25) is 0 Å². The molecule has 0 aromatic carbocycles. The number of carbonyl (C=O) groups excluding carboxylic acids is 2. The van der Waals surface area contributed by atoms with Gasteiger partial charge in [0.05, 0.1) is 19.2 Å². The van der Waals surface area contributed by atoms with Crippen LogP contribution in [0.4, 0.5) is 4.79 Å². The zero-order valence-corrected chi connectivity index (χ0v) is 20.3. The zero-order valence-electron chi connectivity index (χ0n) is 20.3. The van der Waals surface area contributed by atoms with Gasteiger partial charge in [-0.05, 0) is 56.2 Å². The summed E-state index contributed by atoms with van der Waals surface area (Å²) in [5.74, 6) is 0.0333. The number of ether oxygens (including phenoxy) is 1. The first-order chi connectivity index (χ1) is 15.8. The molecule has 3 atom stereocenters. The van der Waals surface area contributed by atoms with E-state index in [-0.39, 0.29) is 42.5 Å². The number of pyridine rings is 1. The van der Waals surface area contributed by atoms with Crippen molar-refractivity contribution in [1.82, 2.24) is 20.1 Å². The SMILES string of the molecule is CCCNC(=O)N(C)C[C@@H]1Oc2ncc(C3=CCCCC3)cc2C(=O)N([C@@H](C)CO)C[C@@H]1C. The summed E-state index contributed by atoms with van der Waals surface area (Å²) in [6.45, 7) is 7.11. The Labute approximate surface area is 197 Å². The molecule has 33 heavy (non-hydrogen) atoms. The Balaban J connectivity index is 1.93. The predicted molar refractivity (Wildman–Crippen MR) is 128 cm³/mol. The Bertz CT molecular complexity index is 872. The average Bonchev–Trinajstić information content (AvgIpc) is 2.84. The van der Waals surface area contributed by atoms with Crippen molar-refractivity contribution in [3.63, 3.8) is 0 Å². The number of aliphatic hydroxyl groups is 1. The highest BCUT2D eigenvalue weighted by molar-refractivity contribution is 5.97. The Kier molecular flexibility index (Phi) is 8.72. The molecule has 1 aromatic rings. The lowest BCUT2D eigenvalue weighted by molar-refractivity contribution is 0.0352. The van der Waals surface area contributed by atoms with Gasteiger partial charge in [-0.1, -0.05) is 19.9 Å². The number of nitrogens with zero attached hydrogens (tertiary/aromatic N) is 3. The summed E-state index contributed by atoms with van der Waals surface area (Å²) >= 11 is 0. The number of fused-ring (bicyclic) bond motifs is 1. The van der Waals surface area contributed by atoms with Gasteiger partial charge in [0.2, 0.25) is 5.88 Å². The predicted octanol–water partition coefficient (Wildman–Crippen LogP) is 3.31. The number of allylic oxidation sites excluding steroid dienone is 2. The second kappa shape index (κ2) is 11.5. The van der Waals surface area contributed by atoms with Crippen LogP contribution in [0.25, 0.3) is 5.57 Å². The summed E-state index contributed by atoms with van der Waals surface area (Å²) in [4.78, 5) is 33.8. The molecular formula is C25H38N4O4. The average molecular weight is 459 g/mol. The monoisotopic (exact) mass is 458 g/mol. The molecule has 8 nitrogen and oxygen atoms in total. The van der Waals surface area contributed by atoms with Crippen molar-refractivity contribution in [3.8, 4) is 5.88 Å². The number of likely N-dealkylation sites (N-methyl/N-ethyl adjacent to an activating group) is 1. The van der Waals surface area contributed by atoms with Crippen molar-refractivity contribution in [2.24, 2.45) is 5.92 Å². The molecule has 0 saturated carbocycles. The van der Waals surface area contributed by atoms with Gasteiger partial charge in [-0.2, -0.15) is 0 Å².